The van der Waals surface area contributed by atoms with Crippen LogP contribution in [-0.4, -0.2) is 49.0 Å². The fourth-order valence-electron chi connectivity index (χ4n) is 4.46. The van der Waals surface area contributed by atoms with Crippen LogP contribution >= 0.6 is 11.3 Å². The standard InChI is InChI=1S/C30H27F3N2O5S/c1-19-15-24(9-10-25(19)40-18-27(36)37)39-17-26-34-28(20-5-7-23(8-6-20)35-11-13-38-14-12-35)29(41-26)21-3-2-4-22(16-21)30(31,32)33/h2-10,15-16H,11-14,17-18H2,1H3,(H,36,37). The lowest BCUT2D eigenvalue weighted by atomic mass is 10.0. The molecule has 5 rings (SSSR count). The number of anilines is 1. The van der Waals surface area contributed by atoms with E-state index >= 15 is 0 Å². The van der Waals surface area contributed by atoms with Gasteiger partial charge in [-0.25, -0.2) is 9.78 Å². The molecule has 0 unspecified atom stereocenters. The van der Waals surface area contributed by atoms with Crippen molar-refractivity contribution in [2.75, 3.05) is 37.8 Å². The molecule has 0 radical (unpaired) electrons. The molecule has 214 valence electrons. The molecule has 1 aromatic heterocycles. The lowest BCUT2D eigenvalue weighted by Crippen LogP contribution is -2.36. The Kier molecular flexibility index (Phi) is 8.46. The Morgan fingerprint density at radius 1 is 1.02 bits per heavy atom. The van der Waals surface area contributed by atoms with E-state index in [2.05, 4.69) is 4.90 Å². The highest BCUT2D eigenvalue weighted by Crippen LogP contribution is 2.40. The molecule has 41 heavy (non-hydrogen) atoms. The minimum Gasteiger partial charge on any atom is -0.486 e. The zero-order valence-electron chi connectivity index (χ0n) is 22.1. The van der Waals surface area contributed by atoms with Gasteiger partial charge in [0.15, 0.2) is 6.61 Å². The van der Waals surface area contributed by atoms with Gasteiger partial charge in [0.25, 0.3) is 0 Å². The summed E-state index contributed by atoms with van der Waals surface area (Å²) in [6.45, 7) is 4.32. The lowest BCUT2D eigenvalue weighted by molar-refractivity contribution is -0.139. The third-order valence-corrected chi connectivity index (χ3v) is 7.58. The molecule has 7 nitrogen and oxygen atoms in total. The summed E-state index contributed by atoms with van der Waals surface area (Å²) in [4.78, 5) is 18.4. The third-order valence-electron chi connectivity index (χ3n) is 6.50. The van der Waals surface area contributed by atoms with Gasteiger partial charge in [0.1, 0.15) is 23.1 Å². The van der Waals surface area contributed by atoms with Crippen molar-refractivity contribution in [1.29, 1.82) is 0 Å². The second-order valence-electron chi connectivity index (χ2n) is 9.41. The van der Waals surface area contributed by atoms with Crippen molar-refractivity contribution in [2.45, 2.75) is 19.7 Å². The molecule has 0 amide bonds. The summed E-state index contributed by atoms with van der Waals surface area (Å²) >= 11 is 1.28. The average Bonchev–Trinajstić information content (AvgIpc) is 3.40. The summed E-state index contributed by atoms with van der Waals surface area (Å²) in [5, 5.41) is 9.42. The van der Waals surface area contributed by atoms with Crippen LogP contribution in [0.4, 0.5) is 18.9 Å². The van der Waals surface area contributed by atoms with Gasteiger partial charge in [0.2, 0.25) is 0 Å². The highest BCUT2D eigenvalue weighted by atomic mass is 32.1. The number of rotatable bonds is 9. The topological polar surface area (TPSA) is 81.1 Å². The minimum absolute atomic E-state index is 0.0945. The van der Waals surface area contributed by atoms with E-state index < -0.39 is 24.3 Å². The van der Waals surface area contributed by atoms with Gasteiger partial charge in [0, 0.05) is 24.3 Å². The van der Waals surface area contributed by atoms with Crippen LogP contribution in [-0.2, 0) is 22.3 Å². The molecule has 0 bridgehead atoms. The van der Waals surface area contributed by atoms with E-state index in [9.17, 15) is 18.0 Å². The molecule has 1 N–H and O–H groups in total. The first kappa shape index (κ1) is 28.4. The Bertz CT molecular complexity index is 1520. The number of carboxylic acid groups (broad SMARTS) is 1. The number of hydrogen-bond donors (Lipinski definition) is 1. The van der Waals surface area contributed by atoms with E-state index in [0.717, 1.165) is 36.5 Å². The lowest BCUT2D eigenvalue weighted by Gasteiger charge is -2.28. The van der Waals surface area contributed by atoms with Crippen molar-refractivity contribution in [1.82, 2.24) is 4.98 Å². The fraction of sp³-hybridized carbons (Fsp3) is 0.267. The van der Waals surface area contributed by atoms with Crippen LogP contribution in [0, 0.1) is 6.92 Å². The molecule has 1 saturated heterocycles. The van der Waals surface area contributed by atoms with E-state index in [1.807, 2.05) is 24.3 Å². The van der Waals surface area contributed by atoms with Crippen LogP contribution in [0.3, 0.4) is 0 Å². The first-order chi connectivity index (χ1) is 19.7. The number of halogens is 3. The first-order valence-corrected chi connectivity index (χ1v) is 13.7. The molecule has 0 aliphatic carbocycles. The summed E-state index contributed by atoms with van der Waals surface area (Å²) in [7, 11) is 0. The summed E-state index contributed by atoms with van der Waals surface area (Å²) in [5.41, 5.74) is 2.81. The number of carbonyl (C=O) groups is 1. The van der Waals surface area contributed by atoms with Gasteiger partial charge in [-0.15, -0.1) is 11.3 Å². The third kappa shape index (κ3) is 6.98. The number of benzene rings is 3. The molecular formula is C30H27F3N2O5S. The molecule has 0 atom stereocenters. The quantitative estimate of drug-likeness (QED) is 0.235. The molecular weight excluding hydrogens is 557 g/mol. The first-order valence-electron chi connectivity index (χ1n) is 12.9. The van der Waals surface area contributed by atoms with Crippen LogP contribution in [0.5, 0.6) is 11.5 Å². The maximum absolute atomic E-state index is 13.5. The predicted octanol–water partition coefficient (Wildman–Crippen LogP) is 6.68. The largest absolute Gasteiger partial charge is 0.486 e. The minimum atomic E-state index is -4.47. The summed E-state index contributed by atoms with van der Waals surface area (Å²) < 4.78 is 57.2. The average molecular weight is 585 g/mol. The number of nitrogens with zero attached hydrogens (tertiary/aromatic N) is 2. The monoisotopic (exact) mass is 584 g/mol. The number of hydrogen-bond acceptors (Lipinski definition) is 7. The Labute approximate surface area is 238 Å². The second kappa shape index (κ2) is 12.2. The van der Waals surface area contributed by atoms with Gasteiger partial charge in [-0.3, -0.25) is 0 Å². The van der Waals surface area contributed by atoms with E-state index in [1.54, 1.807) is 31.2 Å². The van der Waals surface area contributed by atoms with Crippen LogP contribution in [0.2, 0.25) is 0 Å². The van der Waals surface area contributed by atoms with Crippen molar-refractivity contribution in [3.8, 4) is 33.2 Å². The van der Waals surface area contributed by atoms with E-state index in [-0.39, 0.29) is 6.61 Å². The van der Waals surface area contributed by atoms with Crippen LogP contribution in [0.1, 0.15) is 16.1 Å². The number of aryl methyl sites for hydroxylation is 1. The molecule has 1 fully saturated rings. The molecule has 4 aromatic rings. The molecule has 1 aliphatic rings. The number of morpholine rings is 1. The van der Waals surface area contributed by atoms with Crippen LogP contribution in [0.25, 0.3) is 21.7 Å². The Morgan fingerprint density at radius 2 is 1.78 bits per heavy atom. The van der Waals surface area contributed by atoms with Crippen molar-refractivity contribution >= 4 is 23.0 Å². The summed E-state index contributed by atoms with van der Waals surface area (Å²) in [6, 6.07) is 18.1. The Balaban J connectivity index is 1.42. The maximum Gasteiger partial charge on any atom is 0.416 e. The van der Waals surface area contributed by atoms with E-state index in [0.29, 0.717) is 51.4 Å². The SMILES string of the molecule is Cc1cc(OCc2nc(-c3ccc(N4CCOCC4)cc3)c(-c3cccc(C(F)(F)F)c3)s2)ccc1OCC(=O)O. The Morgan fingerprint density at radius 3 is 2.46 bits per heavy atom. The van der Waals surface area contributed by atoms with Gasteiger partial charge < -0.3 is 24.2 Å². The van der Waals surface area contributed by atoms with Gasteiger partial charge in [-0.1, -0.05) is 24.3 Å². The van der Waals surface area contributed by atoms with Gasteiger partial charge in [-0.05, 0) is 60.5 Å². The molecule has 3 aromatic carbocycles. The molecule has 0 saturated carbocycles. The molecule has 2 heterocycles. The van der Waals surface area contributed by atoms with Crippen molar-refractivity contribution in [3.05, 3.63) is 82.9 Å². The highest BCUT2D eigenvalue weighted by Gasteiger charge is 2.31. The van der Waals surface area contributed by atoms with Crippen molar-refractivity contribution < 1.29 is 37.3 Å². The highest BCUT2D eigenvalue weighted by molar-refractivity contribution is 7.15. The summed E-state index contributed by atoms with van der Waals surface area (Å²) in [5.74, 6) is -0.113. The number of aromatic nitrogens is 1. The summed E-state index contributed by atoms with van der Waals surface area (Å²) in [6.07, 6.45) is -4.47. The molecule has 11 heteroatoms. The fourth-order valence-corrected chi connectivity index (χ4v) is 5.46. The number of carboxylic acids is 1. The van der Waals surface area contributed by atoms with Crippen molar-refractivity contribution in [3.63, 3.8) is 0 Å². The zero-order valence-corrected chi connectivity index (χ0v) is 22.9. The van der Waals surface area contributed by atoms with E-state index in [1.165, 1.54) is 17.4 Å². The van der Waals surface area contributed by atoms with Gasteiger partial charge in [0.05, 0.1) is 29.3 Å². The number of ether oxygens (including phenoxy) is 3. The van der Waals surface area contributed by atoms with Gasteiger partial charge >= 0.3 is 12.1 Å². The predicted molar refractivity (Wildman–Crippen MR) is 150 cm³/mol. The smallest absolute Gasteiger partial charge is 0.416 e. The number of aliphatic carboxylic acids is 1. The maximum atomic E-state index is 13.5. The molecule has 0 spiro atoms. The van der Waals surface area contributed by atoms with E-state index in [4.69, 9.17) is 24.3 Å². The zero-order chi connectivity index (χ0) is 29.0. The van der Waals surface area contributed by atoms with Crippen LogP contribution in [0.15, 0.2) is 66.7 Å². The number of thiazole rings is 1. The molecule has 1 aliphatic heterocycles. The Hall–Kier alpha value is -4.09. The number of alkyl halides is 3. The second-order valence-corrected chi connectivity index (χ2v) is 10.5. The normalized spacial score (nSPS) is 13.7. The van der Waals surface area contributed by atoms with Crippen LogP contribution < -0.4 is 14.4 Å². The van der Waals surface area contributed by atoms with Gasteiger partial charge in [-0.2, -0.15) is 13.2 Å². The van der Waals surface area contributed by atoms with Crippen molar-refractivity contribution in [2.24, 2.45) is 0 Å².